The van der Waals surface area contributed by atoms with Crippen molar-refractivity contribution >= 4 is 11.8 Å². The lowest BCUT2D eigenvalue weighted by atomic mass is 10.0. The largest absolute Gasteiger partial charge is 0.320 e. The summed E-state index contributed by atoms with van der Waals surface area (Å²) in [6, 6.07) is 8.15. The Labute approximate surface area is 106 Å². The molecule has 2 aromatic rings. The predicted octanol–water partition coefficient (Wildman–Crippen LogP) is 2.67. The number of hydrogen-bond acceptors (Lipinski definition) is 3. The van der Waals surface area contributed by atoms with E-state index in [0.29, 0.717) is 0 Å². The van der Waals surface area contributed by atoms with Crippen LogP contribution >= 0.6 is 11.8 Å². The molecule has 2 rings (SSSR count). The van der Waals surface area contributed by atoms with Gasteiger partial charge in [0.05, 0.1) is 12.2 Å². The molecule has 1 atom stereocenters. The van der Waals surface area contributed by atoms with Gasteiger partial charge < -0.3 is 5.73 Å². The van der Waals surface area contributed by atoms with Crippen LogP contribution in [0.25, 0.3) is 0 Å². The molecule has 3 nitrogen and oxygen atoms in total. The maximum atomic E-state index is 6.29. The Morgan fingerprint density at radius 3 is 2.82 bits per heavy atom. The van der Waals surface area contributed by atoms with Crippen LogP contribution in [0.3, 0.4) is 0 Å². The van der Waals surface area contributed by atoms with Crippen LogP contribution in [0.2, 0.25) is 0 Å². The van der Waals surface area contributed by atoms with E-state index in [9.17, 15) is 0 Å². The molecule has 4 heteroatoms. The number of nitrogens with zero attached hydrogens (tertiary/aromatic N) is 2. The third-order valence-electron chi connectivity index (χ3n) is 2.81. The van der Waals surface area contributed by atoms with Crippen LogP contribution in [0.1, 0.15) is 24.1 Å². The second-order valence-electron chi connectivity index (χ2n) is 3.85. The summed E-state index contributed by atoms with van der Waals surface area (Å²) in [5.41, 5.74) is 8.52. The second kappa shape index (κ2) is 5.38. The molecule has 17 heavy (non-hydrogen) atoms. The van der Waals surface area contributed by atoms with Crippen LogP contribution in [-0.4, -0.2) is 16.0 Å². The van der Waals surface area contributed by atoms with E-state index in [0.717, 1.165) is 17.7 Å². The molecule has 0 radical (unpaired) electrons. The van der Waals surface area contributed by atoms with Crippen LogP contribution in [0.15, 0.2) is 41.6 Å². The zero-order valence-electron chi connectivity index (χ0n) is 10.1. The number of aryl methyl sites for hydroxylation is 1. The number of nitrogens with two attached hydrogens (primary N) is 1. The summed E-state index contributed by atoms with van der Waals surface area (Å²) < 4.78 is 1.90. The van der Waals surface area contributed by atoms with Crippen LogP contribution in [-0.2, 0) is 6.54 Å². The molecule has 0 aliphatic carbocycles. The fraction of sp³-hybridized carbons (Fsp3) is 0.308. The van der Waals surface area contributed by atoms with E-state index >= 15 is 0 Å². The van der Waals surface area contributed by atoms with E-state index in [1.54, 1.807) is 11.8 Å². The highest BCUT2D eigenvalue weighted by Crippen LogP contribution is 2.28. The SMILES string of the molecule is CCn1cc(C(N)c2ccccc2SC)cn1. The van der Waals surface area contributed by atoms with Gasteiger partial charge in [-0.25, -0.2) is 0 Å². The lowest BCUT2D eigenvalue weighted by molar-refractivity contribution is 0.658. The van der Waals surface area contributed by atoms with Gasteiger partial charge in [-0.05, 0) is 24.8 Å². The molecule has 0 aliphatic rings. The van der Waals surface area contributed by atoms with Crippen LogP contribution in [0, 0.1) is 0 Å². The van der Waals surface area contributed by atoms with Gasteiger partial charge in [0.1, 0.15) is 0 Å². The molecular formula is C13H17N3S. The van der Waals surface area contributed by atoms with Crippen molar-refractivity contribution in [3.63, 3.8) is 0 Å². The molecular weight excluding hydrogens is 230 g/mol. The van der Waals surface area contributed by atoms with Gasteiger partial charge in [-0.3, -0.25) is 4.68 Å². The number of benzene rings is 1. The zero-order chi connectivity index (χ0) is 12.3. The van der Waals surface area contributed by atoms with Gasteiger partial charge in [-0.2, -0.15) is 5.10 Å². The molecule has 1 aromatic heterocycles. The Kier molecular flexibility index (Phi) is 3.86. The molecule has 2 N–H and O–H groups in total. The molecule has 1 unspecified atom stereocenters. The van der Waals surface area contributed by atoms with Gasteiger partial charge in [0.25, 0.3) is 0 Å². The Morgan fingerprint density at radius 1 is 1.41 bits per heavy atom. The number of aromatic nitrogens is 2. The molecule has 0 amide bonds. The van der Waals surface area contributed by atoms with E-state index in [1.165, 1.54) is 4.90 Å². The Hall–Kier alpha value is -1.26. The third kappa shape index (κ3) is 2.53. The van der Waals surface area contributed by atoms with Gasteiger partial charge in [0.2, 0.25) is 0 Å². The zero-order valence-corrected chi connectivity index (χ0v) is 10.9. The monoisotopic (exact) mass is 247 g/mol. The summed E-state index contributed by atoms with van der Waals surface area (Å²) >= 11 is 1.72. The standard InChI is InChI=1S/C13H17N3S/c1-3-16-9-10(8-15-16)13(14)11-6-4-5-7-12(11)17-2/h4-9,13H,3,14H2,1-2H3. The van der Waals surface area contributed by atoms with Crippen LogP contribution < -0.4 is 5.73 Å². The van der Waals surface area contributed by atoms with Crippen molar-refractivity contribution in [3.8, 4) is 0 Å². The molecule has 0 saturated heterocycles. The average molecular weight is 247 g/mol. The maximum absolute atomic E-state index is 6.29. The smallest absolute Gasteiger partial charge is 0.0593 e. The first kappa shape index (κ1) is 12.2. The van der Waals surface area contributed by atoms with Gasteiger partial charge >= 0.3 is 0 Å². The summed E-state index contributed by atoms with van der Waals surface area (Å²) in [6.07, 6.45) is 5.94. The molecule has 0 spiro atoms. The van der Waals surface area contributed by atoms with Crippen molar-refractivity contribution in [1.29, 1.82) is 0 Å². The number of hydrogen-bond donors (Lipinski definition) is 1. The molecule has 0 aliphatic heterocycles. The first-order valence-corrected chi connectivity index (χ1v) is 6.89. The van der Waals surface area contributed by atoms with Crippen LogP contribution in [0.5, 0.6) is 0 Å². The lowest BCUT2D eigenvalue weighted by Gasteiger charge is -2.13. The van der Waals surface area contributed by atoms with E-state index in [1.807, 2.05) is 29.2 Å². The van der Waals surface area contributed by atoms with E-state index in [-0.39, 0.29) is 6.04 Å². The molecule has 1 heterocycles. The molecule has 90 valence electrons. The summed E-state index contributed by atoms with van der Waals surface area (Å²) in [6.45, 7) is 2.94. The highest BCUT2D eigenvalue weighted by atomic mass is 32.2. The summed E-state index contributed by atoms with van der Waals surface area (Å²) in [4.78, 5) is 1.23. The quantitative estimate of drug-likeness (QED) is 0.845. The second-order valence-corrected chi connectivity index (χ2v) is 4.70. The minimum Gasteiger partial charge on any atom is -0.320 e. The predicted molar refractivity (Wildman–Crippen MR) is 72.2 cm³/mol. The van der Waals surface area contributed by atoms with E-state index in [4.69, 9.17) is 5.73 Å². The third-order valence-corrected chi connectivity index (χ3v) is 3.62. The Morgan fingerprint density at radius 2 is 2.18 bits per heavy atom. The maximum Gasteiger partial charge on any atom is 0.0593 e. The fourth-order valence-electron chi connectivity index (χ4n) is 1.82. The summed E-state index contributed by atoms with van der Waals surface area (Å²) in [7, 11) is 0. The minimum atomic E-state index is -0.0982. The van der Waals surface area contributed by atoms with Crippen molar-refractivity contribution in [2.75, 3.05) is 6.26 Å². The van der Waals surface area contributed by atoms with Crippen molar-refractivity contribution < 1.29 is 0 Å². The van der Waals surface area contributed by atoms with Crippen molar-refractivity contribution in [2.45, 2.75) is 24.4 Å². The van der Waals surface area contributed by atoms with Crippen molar-refractivity contribution in [2.24, 2.45) is 5.73 Å². The van der Waals surface area contributed by atoms with Gasteiger partial charge in [-0.1, -0.05) is 18.2 Å². The minimum absolute atomic E-state index is 0.0982. The average Bonchev–Trinajstić information content (AvgIpc) is 2.86. The molecule has 1 aromatic carbocycles. The highest BCUT2D eigenvalue weighted by Gasteiger charge is 2.13. The van der Waals surface area contributed by atoms with Crippen LogP contribution in [0.4, 0.5) is 0 Å². The fourth-order valence-corrected chi connectivity index (χ4v) is 2.46. The lowest BCUT2D eigenvalue weighted by Crippen LogP contribution is -2.12. The van der Waals surface area contributed by atoms with E-state index in [2.05, 4.69) is 30.4 Å². The van der Waals surface area contributed by atoms with Crippen molar-refractivity contribution in [1.82, 2.24) is 9.78 Å². The van der Waals surface area contributed by atoms with E-state index < -0.39 is 0 Å². The number of thioether (sulfide) groups is 1. The Bertz CT molecular complexity index is 493. The normalized spacial score (nSPS) is 12.6. The van der Waals surface area contributed by atoms with Gasteiger partial charge in [-0.15, -0.1) is 11.8 Å². The summed E-state index contributed by atoms with van der Waals surface area (Å²) in [5.74, 6) is 0. The Balaban J connectivity index is 2.32. The van der Waals surface area contributed by atoms with Gasteiger partial charge in [0.15, 0.2) is 0 Å². The first-order valence-electron chi connectivity index (χ1n) is 5.67. The molecule has 0 fully saturated rings. The highest BCUT2D eigenvalue weighted by molar-refractivity contribution is 7.98. The first-order chi connectivity index (χ1) is 8.26. The summed E-state index contributed by atoms with van der Waals surface area (Å²) in [5, 5.41) is 4.27. The topological polar surface area (TPSA) is 43.8 Å². The molecule has 0 bridgehead atoms. The van der Waals surface area contributed by atoms with Gasteiger partial charge in [0, 0.05) is 23.2 Å². The number of rotatable bonds is 4. The van der Waals surface area contributed by atoms with Crippen molar-refractivity contribution in [3.05, 3.63) is 47.8 Å². The molecule has 0 saturated carbocycles.